The molecular weight excluding hydrogens is 328 g/mol. The summed E-state index contributed by atoms with van der Waals surface area (Å²) in [7, 11) is 1.61. The van der Waals surface area contributed by atoms with E-state index >= 15 is 0 Å². The van der Waals surface area contributed by atoms with Crippen molar-refractivity contribution in [1.29, 1.82) is 0 Å². The highest BCUT2D eigenvalue weighted by molar-refractivity contribution is 6.33. The Labute approximate surface area is 146 Å². The zero-order valence-electron chi connectivity index (χ0n) is 13.6. The number of methoxy groups -OCH3 is 1. The summed E-state index contributed by atoms with van der Waals surface area (Å²) in [4.78, 5) is 24.0. The number of ether oxygens (including phenoxy) is 1. The molecule has 0 atom stereocenters. The fraction of sp³-hybridized carbons (Fsp3) is 0.222. The zero-order valence-corrected chi connectivity index (χ0v) is 14.3. The second-order valence-electron chi connectivity index (χ2n) is 5.34. The maximum Gasteiger partial charge on any atom is 0.251 e. The number of amides is 2. The van der Waals surface area contributed by atoms with Gasteiger partial charge in [0.25, 0.3) is 5.91 Å². The molecule has 24 heavy (non-hydrogen) atoms. The summed E-state index contributed by atoms with van der Waals surface area (Å²) in [6, 6.07) is 12.3. The third-order valence-electron chi connectivity index (χ3n) is 3.34. The van der Waals surface area contributed by atoms with Crippen LogP contribution in [-0.4, -0.2) is 25.5 Å². The van der Waals surface area contributed by atoms with Gasteiger partial charge in [0.1, 0.15) is 0 Å². The van der Waals surface area contributed by atoms with Crippen molar-refractivity contribution in [2.75, 3.05) is 19.0 Å². The molecule has 6 heteroatoms. The number of carbonyl (C=O) groups excluding carboxylic acids is 2. The summed E-state index contributed by atoms with van der Waals surface area (Å²) in [6.45, 7) is 2.26. The fourth-order valence-electron chi connectivity index (χ4n) is 2.10. The molecule has 2 aromatic rings. The minimum Gasteiger partial charge on any atom is -0.380 e. The molecule has 2 rings (SSSR count). The molecule has 0 aliphatic rings. The number of rotatable bonds is 6. The molecule has 0 fully saturated rings. The van der Waals surface area contributed by atoms with Gasteiger partial charge in [-0.25, -0.2) is 0 Å². The number of hydrogen-bond acceptors (Lipinski definition) is 3. The Morgan fingerprint density at radius 1 is 1.12 bits per heavy atom. The lowest BCUT2D eigenvalue weighted by Gasteiger charge is -2.09. The van der Waals surface area contributed by atoms with E-state index in [9.17, 15) is 9.59 Å². The highest BCUT2D eigenvalue weighted by atomic mass is 35.5. The number of anilines is 1. The molecule has 5 nitrogen and oxygen atoms in total. The summed E-state index contributed by atoms with van der Waals surface area (Å²) in [5, 5.41) is 5.71. The van der Waals surface area contributed by atoms with Crippen LogP contribution in [0, 0.1) is 6.92 Å². The summed E-state index contributed by atoms with van der Waals surface area (Å²) >= 11 is 6.06. The lowest BCUT2D eigenvalue weighted by Crippen LogP contribution is -2.32. The van der Waals surface area contributed by atoms with Crippen molar-refractivity contribution in [2.45, 2.75) is 13.5 Å². The average molecular weight is 347 g/mol. The normalized spacial score (nSPS) is 10.3. The minimum atomic E-state index is -0.342. The Kier molecular flexibility index (Phi) is 6.35. The van der Waals surface area contributed by atoms with Gasteiger partial charge < -0.3 is 15.4 Å². The largest absolute Gasteiger partial charge is 0.380 e. The SMILES string of the molecule is COCc1ccc(C(=O)NCC(=O)Nc2ccc(C)cc2Cl)cc1. The van der Waals surface area contributed by atoms with Crippen molar-refractivity contribution in [3.05, 3.63) is 64.2 Å². The Bertz CT molecular complexity index is 730. The molecule has 0 spiro atoms. The monoisotopic (exact) mass is 346 g/mol. The van der Waals surface area contributed by atoms with E-state index in [1.54, 1.807) is 31.4 Å². The molecular formula is C18H19ClN2O3. The van der Waals surface area contributed by atoms with Gasteiger partial charge >= 0.3 is 0 Å². The van der Waals surface area contributed by atoms with Crippen LogP contribution in [-0.2, 0) is 16.1 Å². The van der Waals surface area contributed by atoms with Crippen LogP contribution in [0.3, 0.4) is 0 Å². The molecule has 0 heterocycles. The van der Waals surface area contributed by atoms with Crippen LogP contribution in [0.15, 0.2) is 42.5 Å². The number of hydrogen-bond donors (Lipinski definition) is 2. The molecule has 0 aliphatic carbocycles. The molecule has 0 aromatic heterocycles. The first-order chi connectivity index (χ1) is 11.5. The van der Waals surface area contributed by atoms with E-state index in [1.807, 2.05) is 25.1 Å². The average Bonchev–Trinajstić information content (AvgIpc) is 2.56. The van der Waals surface area contributed by atoms with E-state index in [1.165, 1.54) is 0 Å². The number of benzene rings is 2. The Balaban J connectivity index is 1.87. The van der Waals surface area contributed by atoms with Gasteiger partial charge in [-0.2, -0.15) is 0 Å². The van der Waals surface area contributed by atoms with E-state index in [0.29, 0.717) is 22.9 Å². The van der Waals surface area contributed by atoms with Gasteiger partial charge in [0.15, 0.2) is 0 Å². The number of halogens is 1. The molecule has 2 amide bonds. The number of aryl methyl sites for hydroxylation is 1. The molecule has 0 unspecified atom stereocenters. The standard InChI is InChI=1S/C18H19ClN2O3/c1-12-3-8-16(15(19)9-12)21-17(22)10-20-18(23)14-6-4-13(5-7-14)11-24-2/h3-9H,10-11H2,1-2H3,(H,20,23)(H,21,22). The third kappa shape index (κ3) is 5.08. The number of nitrogens with one attached hydrogen (secondary N) is 2. The highest BCUT2D eigenvalue weighted by Gasteiger charge is 2.10. The first-order valence-electron chi connectivity index (χ1n) is 7.41. The van der Waals surface area contributed by atoms with Crippen molar-refractivity contribution in [2.24, 2.45) is 0 Å². The third-order valence-corrected chi connectivity index (χ3v) is 3.65. The van der Waals surface area contributed by atoms with Crippen LogP contribution in [0.2, 0.25) is 5.02 Å². The maximum atomic E-state index is 12.0. The van der Waals surface area contributed by atoms with Crippen LogP contribution in [0.5, 0.6) is 0 Å². The molecule has 0 saturated carbocycles. The van der Waals surface area contributed by atoms with Gasteiger partial charge in [-0.15, -0.1) is 0 Å². The van der Waals surface area contributed by atoms with Crippen molar-refractivity contribution >= 4 is 29.1 Å². The topological polar surface area (TPSA) is 67.4 Å². The second-order valence-corrected chi connectivity index (χ2v) is 5.75. The lowest BCUT2D eigenvalue weighted by atomic mass is 10.1. The molecule has 0 bridgehead atoms. The predicted molar refractivity (Wildman–Crippen MR) is 94.3 cm³/mol. The van der Waals surface area contributed by atoms with Crippen molar-refractivity contribution in [3.63, 3.8) is 0 Å². The van der Waals surface area contributed by atoms with E-state index in [4.69, 9.17) is 16.3 Å². The number of carbonyl (C=O) groups is 2. The van der Waals surface area contributed by atoms with Crippen LogP contribution >= 0.6 is 11.6 Å². The predicted octanol–water partition coefficient (Wildman–Crippen LogP) is 3.16. The van der Waals surface area contributed by atoms with E-state index in [2.05, 4.69) is 10.6 Å². The Morgan fingerprint density at radius 2 is 1.83 bits per heavy atom. The first kappa shape index (κ1) is 18.0. The van der Waals surface area contributed by atoms with Gasteiger partial charge in [0.05, 0.1) is 23.9 Å². The fourth-order valence-corrected chi connectivity index (χ4v) is 2.38. The van der Waals surface area contributed by atoms with Gasteiger partial charge in [-0.3, -0.25) is 9.59 Å². The zero-order chi connectivity index (χ0) is 17.5. The second kappa shape index (κ2) is 8.47. The molecule has 0 aliphatic heterocycles. The molecule has 0 saturated heterocycles. The Morgan fingerprint density at radius 3 is 2.46 bits per heavy atom. The quantitative estimate of drug-likeness (QED) is 0.844. The van der Waals surface area contributed by atoms with Gasteiger partial charge in [0, 0.05) is 12.7 Å². The van der Waals surface area contributed by atoms with E-state index < -0.39 is 0 Å². The van der Waals surface area contributed by atoms with Crippen LogP contribution in [0.1, 0.15) is 21.5 Å². The Hall–Kier alpha value is -2.37. The first-order valence-corrected chi connectivity index (χ1v) is 7.79. The highest BCUT2D eigenvalue weighted by Crippen LogP contribution is 2.22. The minimum absolute atomic E-state index is 0.136. The molecule has 2 N–H and O–H groups in total. The summed E-state index contributed by atoms with van der Waals surface area (Å²) in [5.41, 5.74) is 2.98. The van der Waals surface area contributed by atoms with E-state index in [-0.39, 0.29) is 18.4 Å². The lowest BCUT2D eigenvalue weighted by molar-refractivity contribution is -0.115. The summed E-state index contributed by atoms with van der Waals surface area (Å²) in [6.07, 6.45) is 0. The molecule has 0 radical (unpaired) electrons. The van der Waals surface area contributed by atoms with Crippen LogP contribution < -0.4 is 10.6 Å². The van der Waals surface area contributed by atoms with Crippen LogP contribution in [0.4, 0.5) is 5.69 Å². The van der Waals surface area contributed by atoms with Gasteiger partial charge in [-0.05, 0) is 42.3 Å². The smallest absolute Gasteiger partial charge is 0.251 e. The van der Waals surface area contributed by atoms with Crippen molar-refractivity contribution in [3.8, 4) is 0 Å². The van der Waals surface area contributed by atoms with E-state index in [0.717, 1.165) is 11.1 Å². The summed E-state index contributed by atoms with van der Waals surface area (Å²) < 4.78 is 5.02. The molecule has 2 aromatic carbocycles. The summed E-state index contributed by atoms with van der Waals surface area (Å²) in [5.74, 6) is -0.658. The van der Waals surface area contributed by atoms with Gasteiger partial charge in [0.2, 0.25) is 5.91 Å². The van der Waals surface area contributed by atoms with Crippen molar-refractivity contribution in [1.82, 2.24) is 5.32 Å². The van der Waals surface area contributed by atoms with Crippen LogP contribution in [0.25, 0.3) is 0 Å². The van der Waals surface area contributed by atoms with Crippen molar-refractivity contribution < 1.29 is 14.3 Å². The maximum absolute atomic E-state index is 12.0. The van der Waals surface area contributed by atoms with Gasteiger partial charge in [-0.1, -0.05) is 29.8 Å². The molecule has 126 valence electrons.